The highest BCUT2D eigenvalue weighted by Crippen LogP contribution is 2.39. The van der Waals surface area contributed by atoms with Crippen molar-refractivity contribution in [2.24, 2.45) is 11.8 Å². The molecule has 3 atom stereocenters. The number of hydrogen-bond acceptors (Lipinski definition) is 1. The molecule has 1 aliphatic heterocycles. The second-order valence-corrected chi connectivity index (χ2v) is 6.06. The minimum Gasteiger partial charge on any atom is -0.382 e. The Balaban J connectivity index is 1.74. The van der Waals surface area contributed by atoms with Gasteiger partial charge in [0.1, 0.15) is 0 Å². The lowest BCUT2D eigenvalue weighted by atomic mass is 9.72. The first-order valence-electron chi connectivity index (χ1n) is 7.73. The topological polar surface area (TPSA) is 12.0 Å². The third kappa shape index (κ3) is 2.28. The summed E-state index contributed by atoms with van der Waals surface area (Å²) in [4.78, 5) is 0. The lowest BCUT2D eigenvalue weighted by molar-refractivity contribution is 0.197. The Morgan fingerprint density at radius 1 is 1.11 bits per heavy atom. The molecule has 3 unspecified atom stereocenters. The zero-order valence-corrected chi connectivity index (χ0v) is 11.5. The summed E-state index contributed by atoms with van der Waals surface area (Å²) < 4.78 is 0. The van der Waals surface area contributed by atoms with E-state index in [1.54, 1.807) is 0 Å². The van der Waals surface area contributed by atoms with Gasteiger partial charge in [-0.25, -0.2) is 0 Å². The minimum absolute atomic E-state index is 0.727. The van der Waals surface area contributed by atoms with Gasteiger partial charge in [0.25, 0.3) is 0 Å². The van der Waals surface area contributed by atoms with Gasteiger partial charge in [0.2, 0.25) is 0 Å². The molecule has 0 saturated heterocycles. The van der Waals surface area contributed by atoms with E-state index >= 15 is 0 Å². The summed E-state index contributed by atoms with van der Waals surface area (Å²) in [5.74, 6) is 1.87. The second-order valence-electron chi connectivity index (χ2n) is 6.06. The summed E-state index contributed by atoms with van der Waals surface area (Å²) in [6.07, 6.45) is 9.77. The van der Waals surface area contributed by atoms with Gasteiger partial charge in [-0.3, -0.25) is 0 Å². The molecule has 1 fully saturated rings. The third-order valence-corrected chi connectivity index (χ3v) is 5.09. The molecule has 1 heterocycles. The Hall–Kier alpha value is -0.980. The molecular formula is C17H25N. The SMILES string of the molecule is CCC1CCCCC1C1CCc2ccccc2N1. The van der Waals surface area contributed by atoms with E-state index < -0.39 is 0 Å². The number of hydrogen-bond donors (Lipinski definition) is 1. The van der Waals surface area contributed by atoms with Crippen LogP contribution in [0.1, 0.15) is 51.0 Å². The van der Waals surface area contributed by atoms with Gasteiger partial charge in [-0.15, -0.1) is 0 Å². The van der Waals surface area contributed by atoms with E-state index in [0.29, 0.717) is 0 Å². The summed E-state index contributed by atoms with van der Waals surface area (Å²) in [6, 6.07) is 9.58. The molecule has 0 spiro atoms. The molecule has 18 heavy (non-hydrogen) atoms. The summed E-state index contributed by atoms with van der Waals surface area (Å²) in [6.45, 7) is 2.37. The van der Waals surface area contributed by atoms with Crippen molar-refractivity contribution in [3.8, 4) is 0 Å². The van der Waals surface area contributed by atoms with Crippen molar-refractivity contribution in [3.63, 3.8) is 0 Å². The summed E-state index contributed by atoms with van der Waals surface area (Å²) >= 11 is 0. The molecule has 98 valence electrons. The number of nitrogens with one attached hydrogen (secondary N) is 1. The van der Waals surface area contributed by atoms with Gasteiger partial charge in [0.15, 0.2) is 0 Å². The summed E-state index contributed by atoms with van der Waals surface area (Å²) in [7, 11) is 0. The van der Waals surface area contributed by atoms with Crippen LogP contribution in [-0.4, -0.2) is 6.04 Å². The highest BCUT2D eigenvalue weighted by molar-refractivity contribution is 5.53. The highest BCUT2D eigenvalue weighted by Gasteiger charge is 2.32. The normalized spacial score (nSPS) is 31.5. The van der Waals surface area contributed by atoms with Gasteiger partial charge in [-0.2, -0.15) is 0 Å². The molecule has 0 amide bonds. The zero-order chi connectivity index (χ0) is 12.4. The Kier molecular flexibility index (Phi) is 3.58. The van der Waals surface area contributed by atoms with Gasteiger partial charge in [-0.1, -0.05) is 50.8 Å². The van der Waals surface area contributed by atoms with Crippen LogP contribution in [-0.2, 0) is 6.42 Å². The fourth-order valence-electron chi connectivity index (χ4n) is 4.06. The van der Waals surface area contributed by atoms with E-state index in [9.17, 15) is 0 Å². The predicted molar refractivity (Wildman–Crippen MR) is 77.9 cm³/mol. The van der Waals surface area contributed by atoms with E-state index in [4.69, 9.17) is 0 Å². The number of anilines is 1. The van der Waals surface area contributed by atoms with Gasteiger partial charge in [0.05, 0.1) is 0 Å². The maximum Gasteiger partial charge on any atom is 0.0374 e. The van der Waals surface area contributed by atoms with Gasteiger partial charge >= 0.3 is 0 Å². The highest BCUT2D eigenvalue weighted by atomic mass is 14.9. The average molecular weight is 243 g/mol. The van der Waals surface area contributed by atoms with E-state index in [1.807, 2.05) is 0 Å². The molecule has 0 aromatic heterocycles. The number of rotatable bonds is 2. The molecule has 3 rings (SSSR count). The molecule has 2 aliphatic rings. The third-order valence-electron chi connectivity index (χ3n) is 5.09. The van der Waals surface area contributed by atoms with Crippen molar-refractivity contribution in [2.75, 3.05) is 5.32 Å². The maximum absolute atomic E-state index is 3.83. The van der Waals surface area contributed by atoms with E-state index in [-0.39, 0.29) is 0 Å². The van der Waals surface area contributed by atoms with Gasteiger partial charge in [-0.05, 0) is 42.7 Å². The molecule has 1 nitrogen and oxygen atoms in total. The van der Waals surface area contributed by atoms with Crippen LogP contribution in [0.15, 0.2) is 24.3 Å². The molecule has 1 saturated carbocycles. The van der Waals surface area contributed by atoms with Crippen molar-refractivity contribution in [1.29, 1.82) is 0 Å². The van der Waals surface area contributed by atoms with Crippen LogP contribution in [0.5, 0.6) is 0 Å². The van der Waals surface area contributed by atoms with Gasteiger partial charge < -0.3 is 5.32 Å². The monoisotopic (exact) mass is 243 g/mol. The smallest absolute Gasteiger partial charge is 0.0374 e. The largest absolute Gasteiger partial charge is 0.382 e. The van der Waals surface area contributed by atoms with Crippen molar-refractivity contribution >= 4 is 5.69 Å². The first-order chi connectivity index (χ1) is 8.88. The fraction of sp³-hybridized carbons (Fsp3) is 0.647. The van der Waals surface area contributed by atoms with E-state index in [0.717, 1.165) is 17.9 Å². The molecule has 1 aromatic carbocycles. The lowest BCUT2D eigenvalue weighted by Gasteiger charge is -2.40. The molecule has 1 heteroatoms. The van der Waals surface area contributed by atoms with Crippen LogP contribution in [0, 0.1) is 11.8 Å². The van der Waals surface area contributed by atoms with E-state index in [1.165, 1.54) is 56.2 Å². The van der Waals surface area contributed by atoms with Crippen LogP contribution in [0.3, 0.4) is 0 Å². The Morgan fingerprint density at radius 3 is 2.83 bits per heavy atom. The molecule has 1 aliphatic carbocycles. The number of para-hydroxylation sites is 1. The van der Waals surface area contributed by atoms with Crippen LogP contribution in [0.4, 0.5) is 5.69 Å². The van der Waals surface area contributed by atoms with Crippen LogP contribution < -0.4 is 5.32 Å². The molecule has 0 radical (unpaired) electrons. The maximum atomic E-state index is 3.83. The second kappa shape index (κ2) is 5.34. The average Bonchev–Trinajstić information content (AvgIpc) is 2.46. The zero-order valence-electron chi connectivity index (χ0n) is 11.5. The minimum atomic E-state index is 0.727. The standard InChI is InChI=1S/C17H25N/c1-2-13-7-3-5-9-15(13)17-12-11-14-8-4-6-10-16(14)18-17/h4,6,8,10,13,15,17-18H,2-3,5,7,9,11-12H2,1H3. The first-order valence-corrected chi connectivity index (χ1v) is 7.73. The predicted octanol–water partition coefficient (Wildman–Crippen LogP) is 4.63. The quantitative estimate of drug-likeness (QED) is 0.798. The van der Waals surface area contributed by atoms with Crippen LogP contribution in [0.2, 0.25) is 0 Å². The van der Waals surface area contributed by atoms with Gasteiger partial charge in [0, 0.05) is 11.7 Å². The van der Waals surface area contributed by atoms with Crippen molar-refractivity contribution in [3.05, 3.63) is 29.8 Å². The van der Waals surface area contributed by atoms with Crippen molar-refractivity contribution in [2.45, 2.75) is 57.9 Å². The number of aryl methyl sites for hydroxylation is 1. The Morgan fingerprint density at radius 2 is 1.94 bits per heavy atom. The summed E-state index contributed by atoms with van der Waals surface area (Å²) in [5.41, 5.74) is 2.91. The van der Waals surface area contributed by atoms with Crippen molar-refractivity contribution < 1.29 is 0 Å². The lowest BCUT2D eigenvalue weighted by Crippen LogP contribution is -2.38. The molecule has 1 N–H and O–H groups in total. The Bertz CT molecular complexity index is 398. The summed E-state index contributed by atoms with van der Waals surface area (Å²) in [5, 5.41) is 3.83. The molecular weight excluding hydrogens is 218 g/mol. The number of fused-ring (bicyclic) bond motifs is 1. The van der Waals surface area contributed by atoms with E-state index in [2.05, 4.69) is 36.5 Å². The van der Waals surface area contributed by atoms with Crippen molar-refractivity contribution in [1.82, 2.24) is 0 Å². The molecule has 1 aromatic rings. The van der Waals surface area contributed by atoms with Crippen LogP contribution in [0.25, 0.3) is 0 Å². The Labute approximate surface area is 111 Å². The number of benzene rings is 1. The molecule has 0 bridgehead atoms. The first kappa shape index (κ1) is 12.1. The van der Waals surface area contributed by atoms with Crippen LogP contribution >= 0.6 is 0 Å². The fourth-order valence-corrected chi connectivity index (χ4v) is 4.06.